The molecule has 1 saturated heterocycles. The molecule has 2 N–H and O–H groups in total. The van der Waals surface area contributed by atoms with Crippen molar-refractivity contribution >= 4 is 9.84 Å². The van der Waals surface area contributed by atoms with Gasteiger partial charge in [-0.05, 0) is 19.5 Å². The zero-order valence-electron chi connectivity index (χ0n) is 8.04. The van der Waals surface area contributed by atoms with Crippen LogP contribution in [-0.4, -0.2) is 45.6 Å². The van der Waals surface area contributed by atoms with Gasteiger partial charge >= 0.3 is 0 Å². The zero-order chi connectivity index (χ0) is 9.73. The lowest BCUT2D eigenvalue weighted by Gasteiger charge is -2.23. The van der Waals surface area contributed by atoms with Crippen LogP contribution in [0.15, 0.2) is 0 Å². The lowest BCUT2D eigenvalue weighted by molar-refractivity contribution is 0.482. The van der Waals surface area contributed by atoms with E-state index in [1.807, 2.05) is 6.92 Å². The summed E-state index contributed by atoms with van der Waals surface area (Å²) in [6, 6.07) is 0.151. The van der Waals surface area contributed by atoms with Crippen molar-refractivity contribution in [1.29, 1.82) is 0 Å². The topological polar surface area (TPSA) is 58.2 Å². The first-order valence-electron chi connectivity index (χ1n) is 4.78. The maximum absolute atomic E-state index is 11.2. The molecule has 78 valence electrons. The van der Waals surface area contributed by atoms with E-state index < -0.39 is 9.84 Å². The molecule has 0 aromatic carbocycles. The average molecular weight is 206 g/mol. The van der Waals surface area contributed by atoms with Crippen LogP contribution in [-0.2, 0) is 9.84 Å². The highest BCUT2D eigenvalue weighted by atomic mass is 32.2. The molecule has 4 nitrogen and oxygen atoms in total. The molecule has 0 bridgehead atoms. The number of nitrogens with one attached hydrogen (secondary N) is 2. The molecule has 13 heavy (non-hydrogen) atoms. The van der Waals surface area contributed by atoms with Crippen molar-refractivity contribution in [2.75, 3.05) is 31.1 Å². The Hall–Kier alpha value is -0.130. The van der Waals surface area contributed by atoms with Crippen molar-refractivity contribution in [2.45, 2.75) is 19.4 Å². The quantitative estimate of drug-likeness (QED) is 0.602. The fraction of sp³-hybridized carbons (Fsp3) is 1.00. The maximum Gasteiger partial charge on any atom is 0.153 e. The summed E-state index contributed by atoms with van der Waals surface area (Å²) in [6.45, 7) is 4.49. The molecule has 1 aliphatic rings. The Morgan fingerprint density at radius 2 is 2.31 bits per heavy atom. The third-order valence-electron chi connectivity index (χ3n) is 2.22. The molecule has 1 aliphatic heterocycles. The standard InChI is InChI=1S/C8H18N2O2S/c1-2-9-4-3-8-7-13(11,12)6-5-10-8/h8-10H,2-7H2,1H3. The van der Waals surface area contributed by atoms with E-state index in [0.717, 1.165) is 19.5 Å². The van der Waals surface area contributed by atoms with E-state index in [9.17, 15) is 8.42 Å². The van der Waals surface area contributed by atoms with E-state index in [0.29, 0.717) is 18.1 Å². The minimum Gasteiger partial charge on any atom is -0.317 e. The summed E-state index contributed by atoms with van der Waals surface area (Å²) < 4.78 is 22.5. The fourth-order valence-corrected chi connectivity index (χ4v) is 3.00. The lowest BCUT2D eigenvalue weighted by atomic mass is 10.2. The van der Waals surface area contributed by atoms with Crippen molar-refractivity contribution in [3.8, 4) is 0 Å². The van der Waals surface area contributed by atoms with Crippen molar-refractivity contribution in [1.82, 2.24) is 10.6 Å². The molecule has 0 saturated carbocycles. The van der Waals surface area contributed by atoms with Crippen LogP contribution in [0.25, 0.3) is 0 Å². The molecule has 0 aliphatic carbocycles. The van der Waals surface area contributed by atoms with Gasteiger partial charge in [-0.2, -0.15) is 0 Å². The SMILES string of the molecule is CCNCCC1CS(=O)(=O)CCN1. The molecule has 0 spiro atoms. The van der Waals surface area contributed by atoms with Crippen LogP contribution in [0.3, 0.4) is 0 Å². The Morgan fingerprint density at radius 3 is 2.92 bits per heavy atom. The van der Waals surface area contributed by atoms with Gasteiger partial charge in [0.2, 0.25) is 0 Å². The second-order valence-electron chi connectivity index (χ2n) is 3.41. The van der Waals surface area contributed by atoms with Crippen LogP contribution in [0, 0.1) is 0 Å². The highest BCUT2D eigenvalue weighted by Crippen LogP contribution is 2.03. The number of rotatable bonds is 4. The molecule has 1 heterocycles. The average Bonchev–Trinajstić information content (AvgIpc) is 2.03. The van der Waals surface area contributed by atoms with Gasteiger partial charge in [0.1, 0.15) is 0 Å². The van der Waals surface area contributed by atoms with Crippen LogP contribution < -0.4 is 10.6 Å². The second kappa shape index (κ2) is 4.93. The molecule has 1 atom stereocenters. The third kappa shape index (κ3) is 4.06. The highest BCUT2D eigenvalue weighted by Gasteiger charge is 2.23. The summed E-state index contributed by atoms with van der Waals surface area (Å²) in [6.07, 6.45) is 0.896. The first-order valence-corrected chi connectivity index (χ1v) is 6.60. The van der Waals surface area contributed by atoms with Crippen LogP contribution in [0.4, 0.5) is 0 Å². The van der Waals surface area contributed by atoms with Gasteiger partial charge in [-0.25, -0.2) is 8.42 Å². The summed E-state index contributed by atoms with van der Waals surface area (Å²) in [4.78, 5) is 0. The molecule has 0 aromatic rings. The van der Waals surface area contributed by atoms with Crippen LogP contribution in [0.2, 0.25) is 0 Å². The Balaban J connectivity index is 2.27. The van der Waals surface area contributed by atoms with Gasteiger partial charge < -0.3 is 10.6 Å². The maximum atomic E-state index is 11.2. The van der Waals surface area contributed by atoms with Gasteiger partial charge in [0.05, 0.1) is 11.5 Å². The summed E-state index contributed by atoms with van der Waals surface area (Å²) in [7, 11) is -2.76. The number of hydrogen-bond donors (Lipinski definition) is 2. The number of hydrogen-bond acceptors (Lipinski definition) is 4. The van der Waals surface area contributed by atoms with Gasteiger partial charge in [-0.15, -0.1) is 0 Å². The molecule has 1 fully saturated rings. The summed E-state index contributed by atoms with van der Waals surface area (Å²) in [5.41, 5.74) is 0. The second-order valence-corrected chi connectivity index (χ2v) is 5.64. The van der Waals surface area contributed by atoms with E-state index in [2.05, 4.69) is 10.6 Å². The Bertz CT molecular complexity index is 239. The predicted molar refractivity (Wildman–Crippen MR) is 53.6 cm³/mol. The van der Waals surface area contributed by atoms with Crippen LogP contribution in [0.1, 0.15) is 13.3 Å². The van der Waals surface area contributed by atoms with E-state index in [4.69, 9.17) is 0 Å². The van der Waals surface area contributed by atoms with E-state index in [1.165, 1.54) is 0 Å². The molecule has 0 amide bonds. The number of sulfone groups is 1. The minimum atomic E-state index is -2.76. The van der Waals surface area contributed by atoms with Crippen LogP contribution >= 0.6 is 0 Å². The first-order chi connectivity index (χ1) is 6.14. The zero-order valence-corrected chi connectivity index (χ0v) is 8.86. The van der Waals surface area contributed by atoms with Crippen molar-refractivity contribution in [3.63, 3.8) is 0 Å². The van der Waals surface area contributed by atoms with Gasteiger partial charge in [0.15, 0.2) is 9.84 Å². The van der Waals surface area contributed by atoms with Gasteiger partial charge in [-0.3, -0.25) is 0 Å². The Morgan fingerprint density at radius 1 is 1.54 bits per heavy atom. The van der Waals surface area contributed by atoms with E-state index >= 15 is 0 Å². The molecule has 0 aromatic heterocycles. The molecular formula is C8H18N2O2S. The molecule has 1 unspecified atom stereocenters. The molecule has 5 heteroatoms. The summed E-state index contributed by atoms with van der Waals surface area (Å²) in [5.74, 6) is 0.600. The van der Waals surface area contributed by atoms with Crippen molar-refractivity contribution in [2.24, 2.45) is 0 Å². The largest absolute Gasteiger partial charge is 0.317 e. The van der Waals surface area contributed by atoms with Crippen molar-refractivity contribution in [3.05, 3.63) is 0 Å². The molecule has 1 rings (SSSR count). The molecule has 0 radical (unpaired) electrons. The normalized spacial score (nSPS) is 27.3. The highest BCUT2D eigenvalue weighted by molar-refractivity contribution is 7.91. The first kappa shape index (κ1) is 10.9. The Kier molecular flexibility index (Phi) is 4.15. The summed E-state index contributed by atoms with van der Waals surface area (Å²) in [5, 5.41) is 6.40. The van der Waals surface area contributed by atoms with Crippen molar-refractivity contribution < 1.29 is 8.42 Å². The molecular weight excluding hydrogens is 188 g/mol. The lowest BCUT2D eigenvalue weighted by Crippen LogP contribution is -2.46. The Labute approximate surface area is 80.0 Å². The smallest absolute Gasteiger partial charge is 0.153 e. The van der Waals surface area contributed by atoms with Crippen LogP contribution in [0.5, 0.6) is 0 Å². The van der Waals surface area contributed by atoms with E-state index in [1.54, 1.807) is 0 Å². The van der Waals surface area contributed by atoms with Gasteiger partial charge in [0.25, 0.3) is 0 Å². The monoisotopic (exact) mass is 206 g/mol. The summed E-state index contributed by atoms with van der Waals surface area (Å²) >= 11 is 0. The van der Waals surface area contributed by atoms with Gasteiger partial charge in [0, 0.05) is 12.6 Å². The minimum absolute atomic E-state index is 0.151. The predicted octanol–water partition coefficient (Wildman–Crippen LogP) is -0.627. The van der Waals surface area contributed by atoms with E-state index in [-0.39, 0.29) is 6.04 Å². The van der Waals surface area contributed by atoms with Gasteiger partial charge in [-0.1, -0.05) is 6.92 Å². The fourth-order valence-electron chi connectivity index (χ4n) is 1.51. The third-order valence-corrected chi connectivity index (χ3v) is 3.96.